The molecule has 1 saturated heterocycles. The zero-order valence-electron chi connectivity index (χ0n) is 11.4. The van der Waals surface area contributed by atoms with E-state index in [1.54, 1.807) is 14.2 Å². The van der Waals surface area contributed by atoms with Crippen LogP contribution in [-0.4, -0.2) is 62.9 Å². The average Bonchev–Trinajstić information content (AvgIpc) is 2.43. The predicted octanol–water partition coefficient (Wildman–Crippen LogP) is 0.391. The van der Waals surface area contributed by atoms with Crippen LogP contribution in [0.25, 0.3) is 0 Å². The van der Waals surface area contributed by atoms with E-state index < -0.39 is 0 Å². The van der Waals surface area contributed by atoms with Gasteiger partial charge in [-0.1, -0.05) is 0 Å². The van der Waals surface area contributed by atoms with E-state index in [9.17, 15) is 4.79 Å². The summed E-state index contributed by atoms with van der Waals surface area (Å²) in [7, 11) is 3.47. The van der Waals surface area contributed by atoms with Crippen LogP contribution >= 0.6 is 0 Å². The molecule has 2 fully saturated rings. The molecule has 0 unspecified atom stereocenters. The molecule has 2 rings (SSSR count). The molecule has 5 nitrogen and oxygen atoms in total. The van der Waals surface area contributed by atoms with Gasteiger partial charge in [0.2, 0.25) is 5.91 Å². The summed E-state index contributed by atoms with van der Waals surface area (Å²) >= 11 is 0. The van der Waals surface area contributed by atoms with Crippen LogP contribution in [-0.2, 0) is 14.3 Å². The van der Waals surface area contributed by atoms with Crippen LogP contribution in [0.4, 0.5) is 0 Å². The molecule has 0 aromatic rings. The standard InChI is InChI=1S/C13H24N2O3/c1-14-13(16)5-6-15-7-8-18-12-4-3-10(17-2)9-11(12)15/h10-12H,3-9H2,1-2H3,(H,14,16)/t10-,11+,12+/m0/s1. The maximum absolute atomic E-state index is 11.3. The lowest BCUT2D eigenvalue weighted by Crippen LogP contribution is -2.55. The Morgan fingerprint density at radius 1 is 1.50 bits per heavy atom. The molecule has 1 saturated carbocycles. The van der Waals surface area contributed by atoms with Crippen molar-refractivity contribution in [3.05, 3.63) is 0 Å². The number of hydrogen-bond donors (Lipinski definition) is 1. The number of fused-ring (bicyclic) bond motifs is 1. The van der Waals surface area contributed by atoms with Gasteiger partial charge in [0.25, 0.3) is 0 Å². The number of nitrogens with zero attached hydrogens (tertiary/aromatic N) is 1. The predicted molar refractivity (Wildman–Crippen MR) is 68.4 cm³/mol. The topological polar surface area (TPSA) is 50.8 Å². The molecule has 0 bridgehead atoms. The molecule has 3 atom stereocenters. The third-order valence-electron chi connectivity index (χ3n) is 4.12. The van der Waals surface area contributed by atoms with Gasteiger partial charge in [-0.25, -0.2) is 0 Å². The van der Waals surface area contributed by atoms with E-state index in [4.69, 9.17) is 9.47 Å². The molecule has 0 aromatic carbocycles. The minimum absolute atomic E-state index is 0.108. The Balaban J connectivity index is 1.90. The molecule has 1 aliphatic heterocycles. The Hall–Kier alpha value is -0.650. The summed E-state index contributed by atoms with van der Waals surface area (Å²) in [5.41, 5.74) is 0. The Morgan fingerprint density at radius 3 is 3.06 bits per heavy atom. The fourth-order valence-electron chi connectivity index (χ4n) is 3.01. The molecule has 1 amide bonds. The van der Waals surface area contributed by atoms with E-state index in [-0.39, 0.29) is 5.91 Å². The van der Waals surface area contributed by atoms with Crippen molar-refractivity contribution in [2.75, 3.05) is 33.9 Å². The second-order valence-corrected chi connectivity index (χ2v) is 5.11. The highest BCUT2D eigenvalue weighted by Gasteiger charge is 2.37. The molecule has 0 radical (unpaired) electrons. The van der Waals surface area contributed by atoms with Gasteiger partial charge in [0.15, 0.2) is 0 Å². The van der Waals surface area contributed by atoms with Crippen LogP contribution in [0.1, 0.15) is 25.7 Å². The summed E-state index contributed by atoms with van der Waals surface area (Å²) in [6.07, 6.45) is 4.41. The first-order valence-electron chi connectivity index (χ1n) is 6.83. The first kappa shape index (κ1) is 13.8. The maximum atomic E-state index is 11.3. The van der Waals surface area contributed by atoms with E-state index >= 15 is 0 Å². The van der Waals surface area contributed by atoms with Crippen molar-refractivity contribution in [3.63, 3.8) is 0 Å². The highest BCUT2D eigenvalue weighted by Crippen LogP contribution is 2.29. The van der Waals surface area contributed by atoms with Gasteiger partial charge in [-0.05, 0) is 19.3 Å². The summed E-state index contributed by atoms with van der Waals surface area (Å²) in [5, 5.41) is 2.67. The Labute approximate surface area is 109 Å². The van der Waals surface area contributed by atoms with E-state index in [1.165, 1.54) is 0 Å². The van der Waals surface area contributed by atoms with Gasteiger partial charge in [0.1, 0.15) is 0 Å². The van der Waals surface area contributed by atoms with Crippen molar-refractivity contribution in [1.29, 1.82) is 0 Å². The zero-order chi connectivity index (χ0) is 13.0. The monoisotopic (exact) mass is 256 g/mol. The minimum atomic E-state index is 0.108. The Morgan fingerprint density at radius 2 is 2.33 bits per heavy atom. The number of carbonyl (C=O) groups excluding carboxylic acids is 1. The molecule has 0 spiro atoms. The van der Waals surface area contributed by atoms with E-state index in [0.29, 0.717) is 24.7 Å². The number of ether oxygens (including phenoxy) is 2. The largest absolute Gasteiger partial charge is 0.381 e. The smallest absolute Gasteiger partial charge is 0.221 e. The van der Waals surface area contributed by atoms with Gasteiger partial charge in [-0.2, -0.15) is 0 Å². The number of hydrogen-bond acceptors (Lipinski definition) is 4. The molecular weight excluding hydrogens is 232 g/mol. The van der Waals surface area contributed by atoms with Crippen molar-refractivity contribution < 1.29 is 14.3 Å². The summed E-state index contributed by atoms with van der Waals surface area (Å²) in [4.78, 5) is 13.7. The lowest BCUT2D eigenvalue weighted by molar-refractivity contribution is -0.126. The minimum Gasteiger partial charge on any atom is -0.381 e. The van der Waals surface area contributed by atoms with Crippen LogP contribution in [0.3, 0.4) is 0 Å². The van der Waals surface area contributed by atoms with Crippen LogP contribution < -0.4 is 5.32 Å². The SMILES string of the molecule is CNC(=O)CCN1CCO[C@@H]2CC[C@H](OC)C[C@H]21. The van der Waals surface area contributed by atoms with Gasteiger partial charge in [-0.3, -0.25) is 9.69 Å². The van der Waals surface area contributed by atoms with E-state index in [2.05, 4.69) is 10.2 Å². The van der Waals surface area contributed by atoms with Crippen LogP contribution in [0.5, 0.6) is 0 Å². The van der Waals surface area contributed by atoms with Crippen molar-refractivity contribution in [3.8, 4) is 0 Å². The molecule has 1 heterocycles. The van der Waals surface area contributed by atoms with Crippen molar-refractivity contribution in [2.24, 2.45) is 0 Å². The molecule has 104 valence electrons. The molecule has 1 N–H and O–H groups in total. The van der Waals surface area contributed by atoms with Crippen LogP contribution in [0.15, 0.2) is 0 Å². The lowest BCUT2D eigenvalue weighted by atomic mass is 9.88. The number of methoxy groups -OCH3 is 1. The number of carbonyl (C=O) groups is 1. The van der Waals surface area contributed by atoms with Gasteiger partial charge >= 0.3 is 0 Å². The third kappa shape index (κ3) is 3.22. The first-order chi connectivity index (χ1) is 8.74. The summed E-state index contributed by atoms with van der Waals surface area (Å²) in [6, 6.07) is 0.419. The summed E-state index contributed by atoms with van der Waals surface area (Å²) in [6.45, 7) is 2.53. The second kappa shape index (κ2) is 6.50. The van der Waals surface area contributed by atoms with Gasteiger partial charge < -0.3 is 14.8 Å². The van der Waals surface area contributed by atoms with Crippen LogP contribution in [0.2, 0.25) is 0 Å². The van der Waals surface area contributed by atoms with Crippen molar-refractivity contribution in [2.45, 2.75) is 43.9 Å². The van der Waals surface area contributed by atoms with Crippen molar-refractivity contribution >= 4 is 5.91 Å². The second-order valence-electron chi connectivity index (χ2n) is 5.11. The molecule has 0 aromatic heterocycles. The van der Waals surface area contributed by atoms with Gasteiger partial charge in [0.05, 0.1) is 18.8 Å². The number of morpholine rings is 1. The number of nitrogens with one attached hydrogen (secondary N) is 1. The zero-order valence-corrected chi connectivity index (χ0v) is 11.4. The lowest BCUT2D eigenvalue weighted by Gasteiger charge is -2.45. The Kier molecular flexibility index (Phi) is 4.97. The fourth-order valence-corrected chi connectivity index (χ4v) is 3.01. The van der Waals surface area contributed by atoms with E-state index in [1.807, 2.05) is 0 Å². The van der Waals surface area contributed by atoms with Crippen LogP contribution in [0, 0.1) is 0 Å². The molecule has 5 heteroatoms. The maximum Gasteiger partial charge on any atom is 0.221 e. The third-order valence-corrected chi connectivity index (χ3v) is 4.12. The summed E-state index contributed by atoms with van der Waals surface area (Å²) in [5.74, 6) is 0.108. The Bertz CT molecular complexity index is 285. The van der Waals surface area contributed by atoms with Gasteiger partial charge in [0, 0.05) is 39.7 Å². The average molecular weight is 256 g/mol. The normalized spacial score (nSPS) is 32.9. The molecular formula is C13H24N2O3. The van der Waals surface area contributed by atoms with Crippen molar-refractivity contribution in [1.82, 2.24) is 10.2 Å². The molecule has 2 aliphatic rings. The number of amides is 1. The quantitative estimate of drug-likeness (QED) is 0.790. The van der Waals surface area contributed by atoms with E-state index in [0.717, 1.165) is 39.0 Å². The highest BCUT2D eigenvalue weighted by atomic mass is 16.5. The van der Waals surface area contributed by atoms with Gasteiger partial charge in [-0.15, -0.1) is 0 Å². The fraction of sp³-hybridized carbons (Fsp3) is 0.923. The number of rotatable bonds is 4. The first-order valence-corrected chi connectivity index (χ1v) is 6.83. The summed E-state index contributed by atoms with van der Waals surface area (Å²) < 4.78 is 11.3. The highest BCUT2D eigenvalue weighted by molar-refractivity contribution is 5.75. The molecule has 1 aliphatic carbocycles. The molecule has 18 heavy (non-hydrogen) atoms.